The standard InChI is InChI=1S/C16H13ClN2O2/c1-11-5-7-14(8-6-11)20-10-15-18-16(21-19-15)12-3-2-4-13(17)9-12/h2-9H,10H2,1H3. The first kappa shape index (κ1) is 13.6. The normalized spacial score (nSPS) is 10.6. The second-order valence-electron chi connectivity index (χ2n) is 4.63. The van der Waals surface area contributed by atoms with Gasteiger partial charge in [0, 0.05) is 10.6 Å². The molecule has 1 heterocycles. The molecule has 0 unspecified atom stereocenters. The molecule has 3 aromatic rings. The van der Waals surface area contributed by atoms with Crippen LogP contribution in [0.2, 0.25) is 5.02 Å². The Morgan fingerprint density at radius 1 is 1.14 bits per heavy atom. The number of rotatable bonds is 4. The maximum absolute atomic E-state index is 5.94. The smallest absolute Gasteiger partial charge is 0.258 e. The van der Waals surface area contributed by atoms with Crippen molar-refractivity contribution in [3.8, 4) is 17.2 Å². The molecular weight excluding hydrogens is 288 g/mol. The molecule has 0 aliphatic carbocycles. The van der Waals surface area contributed by atoms with Crippen LogP contribution in [0.15, 0.2) is 53.1 Å². The molecule has 0 radical (unpaired) electrons. The lowest BCUT2D eigenvalue weighted by atomic mass is 10.2. The van der Waals surface area contributed by atoms with Gasteiger partial charge in [-0.15, -0.1) is 0 Å². The molecule has 0 spiro atoms. The third-order valence-corrected chi connectivity index (χ3v) is 3.16. The van der Waals surface area contributed by atoms with Gasteiger partial charge in [-0.3, -0.25) is 0 Å². The van der Waals surface area contributed by atoms with Crippen LogP contribution < -0.4 is 4.74 Å². The van der Waals surface area contributed by atoms with Gasteiger partial charge in [0.25, 0.3) is 5.89 Å². The Kier molecular flexibility index (Phi) is 3.88. The number of aryl methyl sites for hydroxylation is 1. The molecule has 2 aromatic carbocycles. The lowest BCUT2D eigenvalue weighted by Crippen LogP contribution is -1.97. The summed E-state index contributed by atoms with van der Waals surface area (Å²) in [6.07, 6.45) is 0. The molecule has 3 rings (SSSR count). The molecule has 0 fully saturated rings. The Labute approximate surface area is 127 Å². The first-order valence-corrected chi connectivity index (χ1v) is 6.86. The Morgan fingerprint density at radius 2 is 1.95 bits per heavy atom. The summed E-state index contributed by atoms with van der Waals surface area (Å²) in [6.45, 7) is 2.29. The molecule has 0 N–H and O–H groups in total. The van der Waals surface area contributed by atoms with Gasteiger partial charge < -0.3 is 9.26 Å². The molecule has 0 atom stereocenters. The fourth-order valence-corrected chi connectivity index (χ4v) is 2.02. The van der Waals surface area contributed by atoms with Crippen LogP contribution in [0.3, 0.4) is 0 Å². The summed E-state index contributed by atoms with van der Waals surface area (Å²) < 4.78 is 10.8. The number of hydrogen-bond donors (Lipinski definition) is 0. The van der Waals surface area contributed by atoms with Crippen LogP contribution in [0.4, 0.5) is 0 Å². The number of ether oxygens (including phenoxy) is 1. The van der Waals surface area contributed by atoms with Crippen molar-refractivity contribution in [1.29, 1.82) is 0 Å². The van der Waals surface area contributed by atoms with Crippen molar-refractivity contribution in [2.45, 2.75) is 13.5 Å². The fourth-order valence-electron chi connectivity index (χ4n) is 1.83. The van der Waals surface area contributed by atoms with Crippen molar-refractivity contribution < 1.29 is 9.26 Å². The van der Waals surface area contributed by atoms with E-state index < -0.39 is 0 Å². The highest BCUT2D eigenvalue weighted by Gasteiger charge is 2.09. The minimum atomic E-state index is 0.257. The summed E-state index contributed by atoms with van der Waals surface area (Å²) in [4.78, 5) is 4.29. The van der Waals surface area contributed by atoms with E-state index >= 15 is 0 Å². The molecule has 1 aromatic heterocycles. The maximum Gasteiger partial charge on any atom is 0.258 e. The Morgan fingerprint density at radius 3 is 2.71 bits per heavy atom. The molecule has 106 valence electrons. The van der Waals surface area contributed by atoms with E-state index in [2.05, 4.69) is 10.1 Å². The highest BCUT2D eigenvalue weighted by molar-refractivity contribution is 6.30. The average Bonchev–Trinajstić information content (AvgIpc) is 2.96. The maximum atomic E-state index is 5.94. The number of halogens is 1. The summed E-state index contributed by atoms with van der Waals surface area (Å²) in [7, 11) is 0. The topological polar surface area (TPSA) is 48.2 Å². The summed E-state index contributed by atoms with van der Waals surface area (Å²) in [5.74, 6) is 1.69. The molecule has 0 bridgehead atoms. The van der Waals surface area contributed by atoms with E-state index in [4.69, 9.17) is 20.9 Å². The summed E-state index contributed by atoms with van der Waals surface area (Å²) in [6, 6.07) is 15.1. The van der Waals surface area contributed by atoms with Gasteiger partial charge in [-0.2, -0.15) is 4.98 Å². The minimum Gasteiger partial charge on any atom is -0.485 e. The van der Waals surface area contributed by atoms with Crippen molar-refractivity contribution in [3.05, 3.63) is 64.9 Å². The summed E-state index contributed by atoms with van der Waals surface area (Å²) in [5.41, 5.74) is 1.97. The predicted molar refractivity (Wildman–Crippen MR) is 80.3 cm³/mol. The lowest BCUT2D eigenvalue weighted by molar-refractivity contribution is 0.287. The molecule has 5 heteroatoms. The summed E-state index contributed by atoms with van der Waals surface area (Å²) >= 11 is 5.94. The highest BCUT2D eigenvalue weighted by Crippen LogP contribution is 2.21. The largest absolute Gasteiger partial charge is 0.485 e. The zero-order valence-electron chi connectivity index (χ0n) is 11.4. The average molecular weight is 301 g/mol. The molecule has 0 amide bonds. The molecule has 0 aliphatic heterocycles. The van der Waals surface area contributed by atoms with Crippen molar-refractivity contribution in [3.63, 3.8) is 0 Å². The Balaban J connectivity index is 1.69. The molecule has 21 heavy (non-hydrogen) atoms. The minimum absolute atomic E-state index is 0.257. The van der Waals surface area contributed by atoms with E-state index in [0.717, 1.165) is 11.3 Å². The Hall–Kier alpha value is -2.33. The van der Waals surface area contributed by atoms with Crippen molar-refractivity contribution in [2.75, 3.05) is 0 Å². The molecule has 4 nitrogen and oxygen atoms in total. The van der Waals surface area contributed by atoms with Crippen molar-refractivity contribution in [2.24, 2.45) is 0 Å². The highest BCUT2D eigenvalue weighted by atomic mass is 35.5. The van der Waals surface area contributed by atoms with Crippen LogP contribution in [-0.4, -0.2) is 10.1 Å². The van der Waals surface area contributed by atoms with Gasteiger partial charge >= 0.3 is 0 Å². The van der Waals surface area contributed by atoms with Gasteiger partial charge in [0.05, 0.1) is 0 Å². The quantitative estimate of drug-likeness (QED) is 0.721. The van der Waals surface area contributed by atoms with Crippen LogP contribution >= 0.6 is 11.6 Å². The van der Waals surface area contributed by atoms with Gasteiger partial charge in [-0.1, -0.05) is 40.5 Å². The molecular formula is C16H13ClN2O2. The van der Waals surface area contributed by atoms with E-state index in [1.807, 2.05) is 43.3 Å². The second kappa shape index (κ2) is 5.97. The van der Waals surface area contributed by atoms with Gasteiger partial charge in [0.15, 0.2) is 6.61 Å². The predicted octanol–water partition coefficient (Wildman–Crippen LogP) is 4.28. The van der Waals surface area contributed by atoms with E-state index in [0.29, 0.717) is 16.7 Å². The SMILES string of the molecule is Cc1ccc(OCc2noc(-c3cccc(Cl)c3)n2)cc1. The molecule has 0 aliphatic rings. The number of aromatic nitrogens is 2. The second-order valence-corrected chi connectivity index (χ2v) is 5.06. The van der Waals surface area contributed by atoms with Crippen LogP contribution in [0.1, 0.15) is 11.4 Å². The van der Waals surface area contributed by atoms with E-state index in [1.165, 1.54) is 5.56 Å². The lowest BCUT2D eigenvalue weighted by Gasteiger charge is -2.02. The first-order chi connectivity index (χ1) is 10.2. The van der Waals surface area contributed by atoms with Crippen LogP contribution in [-0.2, 0) is 6.61 Å². The Bertz CT molecular complexity index is 738. The fraction of sp³-hybridized carbons (Fsp3) is 0.125. The molecule has 0 saturated carbocycles. The van der Waals surface area contributed by atoms with Crippen molar-refractivity contribution in [1.82, 2.24) is 10.1 Å². The zero-order chi connectivity index (χ0) is 14.7. The van der Waals surface area contributed by atoms with Crippen LogP contribution in [0, 0.1) is 6.92 Å². The van der Waals surface area contributed by atoms with Gasteiger partial charge in [-0.25, -0.2) is 0 Å². The third kappa shape index (κ3) is 3.41. The number of hydrogen-bond acceptors (Lipinski definition) is 4. The van der Waals surface area contributed by atoms with E-state index in [1.54, 1.807) is 12.1 Å². The number of benzene rings is 2. The zero-order valence-corrected chi connectivity index (χ0v) is 12.2. The van der Waals surface area contributed by atoms with Gasteiger partial charge in [0.2, 0.25) is 5.82 Å². The molecule has 0 saturated heterocycles. The van der Waals surface area contributed by atoms with Gasteiger partial charge in [0.1, 0.15) is 5.75 Å². The van der Waals surface area contributed by atoms with Crippen LogP contribution in [0.5, 0.6) is 5.75 Å². The number of nitrogens with zero attached hydrogens (tertiary/aromatic N) is 2. The third-order valence-electron chi connectivity index (χ3n) is 2.93. The van der Waals surface area contributed by atoms with Crippen molar-refractivity contribution >= 4 is 11.6 Å². The summed E-state index contributed by atoms with van der Waals surface area (Å²) in [5, 5.41) is 4.53. The first-order valence-electron chi connectivity index (χ1n) is 6.49. The van der Waals surface area contributed by atoms with Crippen LogP contribution in [0.25, 0.3) is 11.5 Å². The van der Waals surface area contributed by atoms with E-state index in [9.17, 15) is 0 Å². The van der Waals surface area contributed by atoms with Gasteiger partial charge in [-0.05, 0) is 37.3 Å². The van der Waals surface area contributed by atoms with E-state index in [-0.39, 0.29) is 6.61 Å². The monoisotopic (exact) mass is 300 g/mol.